The fourth-order valence-electron chi connectivity index (χ4n) is 2.21. The van der Waals surface area contributed by atoms with Gasteiger partial charge in [0.05, 0.1) is 0 Å². The van der Waals surface area contributed by atoms with Gasteiger partial charge >= 0.3 is 0 Å². The number of benzene rings is 1. The summed E-state index contributed by atoms with van der Waals surface area (Å²) < 4.78 is 26.4. The lowest BCUT2D eigenvalue weighted by Crippen LogP contribution is -2.35. The van der Waals surface area contributed by atoms with E-state index in [-0.39, 0.29) is 6.04 Å². The monoisotopic (exact) mass is 257 g/mol. The highest BCUT2D eigenvalue weighted by Crippen LogP contribution is 2.28. The van der Waals surface area contributed by atoms with Crippen molar-refractivity contribution in [3.05, 3.63) is 35.4 Å². The molecular weight excluding hydrogens is 240 g/mol. The van der Waals surface area contributed by atoms with Crippen LogP contribution < -0.4 is 5.32 Å². The van der Waals surface area contributed by atoms with E-state index in [1.165, 1.54) is 12.1 Å². The average Bonchev–Trinajstić information content (AvgIpc) is 2.64. The summed E-state index contributed by atoms with van der Waals surface area (Å²) in [7, 11) is 0. The van der Waals surface area contributed by atoms with Crippen LogP contribution in [0.5, 0.6) is 0 Å². The second-order valence-corrected chi connectivity index (χ2v) is 6.01. The third-order valence-corrected chi connectivity index (χ3v) is 4.60. The zero-order valence-corrected chi connectivity index (χ0v) is 10.9. The van der Waals surface area contributed by atoms with Crippen LogP contribution in [-0.4, -0.2) is 17.0 Å². The molecule has 0 radical (unpaired) electrons. The molecule has 0 bridgehead atoms. The highest BCUT2D eigenvalue weighted by molar-refractivity contribution is 8.00. The third kappa shape index (κ3) is 2.99. The van der Waals surface area contributed by atoms with Crippen molar-refractivity contribution in [1.82, 2.24) is 5.32 Å². The third-order valence-electron chi connectivity index (χ3n) is 3.27. The molecule has 0 saturated carbocycles. The van der Waals surface area contributed by atoms with Gasteiger partial charge in [-0.1, -0.05) is 13.0 Å². The first kappa shape index (κ1) is 12.8. The van der Waals surface area contributed by atoms with Crippen LogP contribution in [0.25, 0.3) is 0 Å². The van der Waals surface area contributed by atoms with Crippen molar-refractivity contribution in [2.24, 2.45) is 0 Å². The summed E-state index contributed by atoms with van der Waals surface area (Å²) >= 11 is 1.93. The van der Waals surface area contributed by atoms with Gasteiger partial charge in [0.25, 0.3) is 0 Å². The summed E-state index contributed by atoms with van der Waals surface area (Å²) in [6.45, 7) is 4.11. The molecule has 2 rings (SSSR count). The summed E-state index contributed by atoms with van der Waals surface area (Å²) in [6.07, 6.45) is 1.11. The first-order chi connectivity index (χ1) is 8.08. The maximum atomic E-state index is 13.6. The van der Waals surface area contributed by atoms with E-state index in [4.69, 9.17) is 0 Å². The van der Waals surface area contributed by atoms with Gasteiger partial charge in [0.1, 0.15) is 11.6 Å². The molecule has 1 aromatic rings. The van der Waals surface area contributed by atoms with E-state index in [1.54, 1.807) is 0 Å². The fourth-order valence-corrected chi connectivity index (χ4v) is 3.42. The van der Waals surface area contributed by atoms with Crippen molar-refractivity contribution in [2.45, 2.75) is 37.6 Å². The van der Waals surface area contributed by atoms with Crippen molar-refractivity contribution in [1.29, 1.82) is 0 Å². The lowest BCUT2D eigenvalue weighted by Gasteiger charge is -2.22. The van der Waals surface area contributed by atoms with Gasteiger partial charge in [0.2, 0.25) is 0 Å². The van der Waals surface area contributed by atoms with Gasteiger partial charge in [-0.3, -0.25) is 0 Å². The number of nitrogens with one attached hydrogen (secondary N) is 1. The van der Waals surface area contributed by atoms with Crippen LogP contribution >= 0.6 is 11.8 Å². The van der Waals surface area contributed by atoms with Gasteiger partial charge in [-0.25, -0.2) is 8.78 Å². The molecular formula is C13H17F2NS. The number of rotatable bonds is 3. The molecule has 4 heteroatoms. The highest BCUT2D eigenvalue weighted by atomic mass is 32.2. The fraction of sp³-hybridized carbons (Fsp3) is 0.538. The molecule has 0 aromatic heterocycles. The summed E-state index contributed by atoms with van der Waals surface area (Å²) in [5.74, 6) is 0.156. The zero-order valence-electron chi connectivity index (χ0n) is 10.0. The standard InChI is InChI=1S/C13H17F2NS/c1-8(16-13-5-6-17-9(13)2)11-4-3-10(14)7-12(11)15/h3-4,7-9,13,16H,5-6H2,1-2H3. The Morgan fingerprint density at radius 1 is 1.41 bits per heavy atom. The van der Waals surface area contributed by atoms with Crippen LogP contribution in [0.1, 0.15) is 31.9 Å². The van der Waals surface area contributed by atoms with E-state index in [9.17, 15) is 8.78 Å². The van der Waals surface area contributed by atoms with Crippen molar-refractivity contribution in [2.75, 3.05) is 5.75 Å². The molecule has 94 valence electrons. The van der Waals surface area contributed by atoms with Crippen molar-refractivity contribution in [3.63, 3.8) is 0 Å². The summed E-state index contributed by atoms with van der Waals surface area (Å²) in [5, 5.41) is 3.98. The Balaban J connectivity index is 2.06. The average molecular weight is 257 g/mol. The Morgan fingerprint density at radius 3 is 2.76 bits per heavy atom. The van der Waals surface area contributed by atoms with Crippen LogP contribution in [0, 0.1) is 11.6 Å². The van der Waals surface area contributed by atoms with Gasteiger partial charge in [-0.15, -0.1) is 0 Å². The molecule has 1 N–H and O–H groups in total. The minimum Gasteiger partial charge on any atom is -0.306 e. The van der Waals surface area contributed by atoms with E-state index in [1.807, 2.05) is 18.7 Å². The molecule has 3 atom stereocenters. The van der Waals surface area contributed by atoms with E-state index in [0.717, 1.165) is 18.2 Å². The summed E-state index contributed by atoms with van der Waals surface area (Å²) in [6, 6.07) is 4.11. The SMILES string of the molecule is CC(NC1CCSC1C)c1ccc(F)cc1F. The van der Waals surface area contributed by atoms with Gasteiger partial charge in [0, 0.05) is 29.0 Å². The topological polar surface area (TPSA) is 12.0 Å². The van der Waals surface area contributed by atoms with Crippen molar-refractivity contribution >= 4 is 11.8 Å². The minimum atomic E-state index is -0.525. The minimum absolute atomic E-state index is 0.0817. The molecule has 1 nitrogen and oxygen atoms in total. The van der Waals surface area contributed by atoms with Crippen LogP contribution in [0.2, 0.25) is 0 Å². The normalized spacial score (nSPS) is 26.1. The second-order valence-electron chi connectivity index (χ2n) is 4.53. The molecule has 0 amide bonds. The molecule has 1 heterocycles. The Labute approximate surface area is 105 Å². The van der Waals surface area contributed by atoms with E-state index < -0.39 is 11.6 Å². The van der Waals surface area contributed by atoms with Crippen LogP contribution in [-0.2, 0) is 0 Å². The summed E-state index contributed by atoms with van der Waals surface area (Å²) in [5.41, 5.74) is 0.538. The summed E-state index contributed by atoms with van der Waals surface area (Å²) in [4.78, 5) is 0. The van der Waals surface area contributed by atoms with E-state index in [0.29, 0.717) is 16.9 Å². The molecule has 1 fully saturated rings. The Hall–Kier alpha value is -0.610. The smallest absolute Gasteiger partial charge is 0.130 e. The first-order valence-corrected chi connectivity index (χ1v) is 6.95. The highest BCUT2D eigenvalue weighted by Gasteiger charge is 2.26. The lowest BCUT2D eigenvalue weighted by molar-refractivity contribution is 0.439. The molecule has 1 aliphatic rings. The van der Waals surface area contributed by atoms with Gasteiger partial charge in [0.15, 0.2) is 0 Å². The molecule has 0 spiro atoms. The Morgan fingerprint density at radius 2 is 2.18 bits per heavy atom. The predicted molar refractivity (Wildman–Crippen MR) is 68.2 cm³/mol. The van der Waals surface area contributed by atoms with E-state index >= 15 is 0 Å². The maximum absolute atomic E-state index is 13.6. The number of halogens is 2. The Bertz CT molecular complexity index is 397. The van der Waals surface area contributed by atoms with Gasteiger partial charge in [-0.05, 0) is 25.2 Å². The maximum Gasteiger partial charge on any atom is 0.130 e. The Kier molecular flexibility index (Phi) is 4.05. The molecule has 0 aliphatic carbocycles. The van der Waals surface area contributed by atoms with Gasteiger partial charge < -0.3 is 5.32 Å². The lowest BCUT2D eigenvalue weighted by atomic mass is 10.0. The molecule has 1 aliphatic heterocycles. The molecule has 3 unspecified atom stereocenters. The molecule has 1 aromatic carbocycles. The quantitative estimate of drug-likeness (QED) is 0.889. The van der Waals surface area contributed by atoms with Crippen LogP contribution in [0.3, 0.4) is 0 Å². The predicted octanol–water partition coefficient (Wildman–Crippen LogP) is 3.51. The zero-order chi connectivity index (χ0) is 12.4. The van der Waals surface area contributed by atoms with Gasteiger partial charge in [-0.2, -0.15) is 11.8 Å². The van der Waals surface area contributed by atoms with Crippen LogP contribution in [0.15, 0.2) is 18.2 Å². The number of hydrogen-bond acceptors (Lipinski definition) is 2. The number of thioether (sulfide) groups is 1. The molecule has 1 saturated heterocycles. The largest absolute Gasteiger partial charge is 0.306 e. The van der Waals surface area contributed by atoms with E-state index in [2.05, 4.69) is 12.2 Å². The van der Waals surface area contributed by atoms with Crippen molar-refractivity contribution < 1.29 is 8.78 Å². The second kappa shape index (κ2) is 5.36. The first-order valence-electron chi connectivity index (χ1n) is 5.90. The van der Waals surface area contributed by atoms with Crippen molar-refractivity contribution in [3.8, 4) is 0 Å². The van der Waals surface area contributed by atoms with Crippen LogP contribution in [0.4, 0.5) is 8.78 Å². The number of hydrogen-bond donors (Lipinski definition) is 1. The molecule has 17 heavy (non-hydrogen) atoms.